The molecule has 0 aliphatic rings. The summed E-state index contributed by atoms with van der Waals surface area (Å²) in [6, 6.07) is 11.1. The fourth-order valence-corrected chi connectivity index (χ4v) is 2.02. The molecule has 3 rings (SSSR count). The molecule has 2 heterocycles. The summed E-state index contributed by atoms with van der Waals surface area (Å²) in [5, 5.41) is 16.9. The van der Waals surface area contributed by atoms with Gasteiger partial charge in [-0.15, -0.1) is 15.3 Å². The van der Waals surface area contributed by atoms with Crippen molar-refractivity contribution >= 4 is 28.8 Å². The van der Waals surface area contributed by atoms with E-state index in [0.717, 1.165) is 11.3 Å². The van der Waals surface area contributed by atoms with E-state index >= 15 is 0 Å². The zero-order chi connectivity index (χ0) is 13.9. The Morgan fingerprint density at radius 2 is 2.10 bits per heavy atom. The van der Waals surface area contributed by atoms with E-state index in [1.54, 1.807) is 10.6 Å². The van der Waals surface area contributed by atoms with Gasteiger partial charge in [0.25, 0.3) is 0 Å². The number of hydrogen-bond donors (Lipinski definition) is 1. The fourth-order valence-electron chi connectivity index (χ4n) is 1.74. The number of nitrogens with one attached hydrogen (secondary N) is 1. The molecular weight excluding hydrogens is 276 g/mol. The van der Waals surface area contributed by atoms with Gasteiger partial charge in [0.05, 0.1) is 5.71 Å². The van der Waals surface area contributed by atoms with Crippen molar-refractivity contribution in [3.05, 3.63) is 53.3 Å². The van der Waals surface area contributed by atoms with Gasteiger partial charge < -0.3 is 0 Å². The van der Waals surface area contributed by atoms with Gasteiger partial charge in [-0.25, -0.2) is 0 Å². The average Bonchev–Trinajstić information content (AvgIpc) is 2.92. The van der Waals surface area contributed by atoms with Crippen LogP contribution in [0.5, 0.6) is 0 Å². The van der Waals surface area contributed by atoms with Crippen LogP contribution in [0.15, 0.2) is 47.8 Å². The Morgan fingerprint density at radius 1 is 1.25 bits per heavy atom. The van der Waals surface area contributed by atoms with Crippen molar-refractivity contribution in [2.75, 3.05) is 5.43 Å². The second-order valence-electron chi connectivity index (χ2n) is 4.14. The van der Waals surface area contributed by atoms with E-state index in [4.69, 9.17) is 11.6 Å². The Balaban J connectivity index is 1.84. The maximum Gasteiger partial charge on any atom is 0.177 e. The number of hydrogen-bond acceptors (Lipinski definition) is 5. The number of benzene rings is 1. The van der Waals surface area contributed by atoms with Crippen LogP contribution in [0, 0.1) is 0 Å². The summed E-state index contributed by atoms with van der Waals surface area (Å²) in [6.45, 7) is 1.88. The van der Waals surface area contributed by atoms with Crippen molar-refractivity contribution in [3.63, 3.8) is 0 Å². The number of anilines is 1. The van der Waals surface area contributed by atoms with Crippen LogP contribution in [0.25, 0.3) is 5.65 Å². The second-order valence-corrected chi connectivity index (χ2v) is 4.55. The first-order valence-electron chi connectivity index (χ1n) is 5.96. The highest BCUT2D eigenvalue weighted by molar-refractivity contribution is 6.34. The van der Waals surface area contributed by atoms with E-state index in [-0.39, 0.29) is 0 Å². The van der Waals surface area contributed by atoms with Gasteiger partial charge in [-0.05, 0) is 25.1 Å². The van der Waals surface area contributed by atoms with E-state index < -0.39 is 0 Å². The highest BCUT2D eigenvalue weighted by Crippen LogP contribution is 2.16. The highest BCUT2D eigenvalue weighted by atomic mass is 35.5. The van der Waals surface area contributed by atoms with Gasteiger partial charge >= 0.3 is 0 Å². The van der Waals surface area contributed by atoms with E-state index in [1.807, 2.05) is 37.3 Å². The lowest BCUT2D eigenvalue weighted by atomic mass is 10.1. The van der Waals surface area contributed by atoms with E-state index in [9.17, 15) is 0 Å². The molecule has 7 heteroatoms. The third-order valence-corrected chi connectivity index (χ3v) is 3.09. The number of halogens is 1. The smallest absolute Gasteiger partial charge is 0.177 e. The van der Waals surface area contributed by atoms with Crippen molar-refractivity contribution in [3.8, 4) is 0 Å². The molecule has 0 radical (unpaired) electrons. The Hall–Kier alpha value is -2.47. The Labute approximate surface area is 120 Å². The van der Waals surface area contributed by atoms with Crippen molar-refractivity contribution in [1.29, 1.82) is 0 Å². The summed E-state index contributed by atoms with van der Waals surface area (Å²) in [7, 11) is 0. The van der Waals surface area contributed by atoms with Crippen LogP contribution in [0.4, 0.5) is 5.82 Å². The lowest BCUT2D eigenvalue weighted by Crippen LogP contribution is -2.03. The predicted octanol–water partition coefficient (Wildman–Crippen LogP) is 2.61. The first-order chi connectivity index (χ1) is 9.74. The molecule has 3 aromatic rings. The minimum absolute atomic E-state index is 0.601. The molecule has 100 valence electrons. The van der Waals surface area contributed by atoms with Crippen LogP contribution >= 0.6 is 11.6 Å². The molecule has 0 saturated heterocycles. The number of hydrazone groups is 1. The first kappa shape index (κ1) is 12.6. The van der Waals surface area contributed by atoms with Gasteiger partial charge in [-0.1, -0.05) is 29.8 Å². The molecule has 0 bridgehead atoms. The summed E-state index contributed by atoms with van der Waals surface area (Å²) in [5.41, 5.74) is 5.24. The van der Waals surface area contributed by atoms with Crippen molar-refractivity contribution in [2.45, 2.75) is 6.92 Å². The van der Waals surface area contributed by atoms with Gasteiger partial charge in [-0.3, -0.25) is 5.43 Å². The van der Waals surface area contributed by atoms with E-state index in [2.05, 4.69) is 25.8 Å². The quantitative estimate of drug-likeness (QED) is 0.594. The van der Waals surface area contributed by atoms with Crippen molar-refractivity contribution in [2.24, 2.45) is 5.10 Å². The van der Waals surface area contributed by atoms with Gasteiger partial charge in [-0.2, -0.15) is 9.62 Å². The Morgan fingerprint density at radius 3 is 2.95 bits per heavy atom. The van der Waals surface area contributed by atoms with Crippen LogP contribution in [0.3, 0.4) is 0 Å². The Bertz CT molecular complexity index is 779. The van der Waals surface area contributed by atoms with Crippen LogP contribution in [-0.2, 0) is 0 Å². The molecule has 0 fully saturated rings. The average molecular weight is 287 g/mol. The number of fused-ring (bicyclic) bond motifs is 1. The second kappa shape index (κ2) is 5.26. The number of aromatic nitrogens is 4. The molecule has 0 unspecified atom stereocenters. The van der Waals surface area contributed by atoms with Crippen LogP contribution in [0.2, 0.25) is 5.02 Å². The van der Waals surface area contributed by atoms with Crippen LogP contribution < -0.4 is 5.43 Å². The largest absolute Gasteiger partial charge is 0.260 e. The zero-order valence-electron chi connectivity index (χ0n) is 10.7. The summed E-state index contributed by atoms with van der Waals surface area (Å²) in [5.74, 6) is 0.601. The van der Waals surface area contributed by atoms with E-state index in [1.165, 1.54) is 6.33 Å². The van der Waals surface area contributed by atoms with Gasteiger partial charge in [0.15, 0.2) is 11.5 Å². The zero-order valence-corrected chi connectivity index (χ0v) is 11.4. The third-order valence-electron chi connectivity index (χ3n) is 2.76. The molecule has 0 amide bonds. The molecule has 0 aliphatic carbocycles. The highest BCUT2D eigenvalue weighted by Gasteiger charge is 2.03. The van der Waals surface area contributed by atoms with Gasteiger partial charge in [0.2, 0.25) is 0 Å². The van der Waals surface area contributed by atoms with Crippen LogP contribution in [-0.4, -0.2) is 25.5 Å². The summed E-state index contributed by atoms with van der Waals surface area (Å²) in [6.07, 6.45) is 1.53. The molecule has 1 aromatic carbocycles. The lowest BCUT2D eigenvalue weighted by Gasteiger charge is -2.04. The first-order valence-corrected chi connectivity index (χ1v) is 6.34. The SMILES string of the molecule is C/C(=N/Nc1ccc2nncn2n1)c1ccccc1Cl. The molecule has 2 aromatic heterocycles. The number of nitrogens with zero attached hydrogens (tertiary/aromatic N) is 5. The standard InChI is InChI=1S/C13H11ClN6/c1-9(10-4-2-3-5-11(10)14)16-17-12-6-7-13-18-15-8-20(13)19-12/h2-8H,1H3,(H,17,19)/b16-9-. The monoisotopic (exact) mass is 286 g/mol. The predicted molar refractivity (Wildman–Crippen MR) is 78.1 cm³/mol. The van der Waals surface area contributed by atoms with Crippen molar-refractivity contribution in [1.82, 2.24) is 19.8 Å². The maximum absolute atomic E-state index is 6.12. The minimum Gasteiger partial charge on any atom is -0.260 e. The fraction of sp³-hybridized carbons (Fsp3) is 0.0769. The summed E-state index contributed by atoms with van der Waals surface area (Å²) >= 11 is 6.12. The lowest BCUT2D eigenvalue weighted by molar-refractivity contribution is 0.924. The molecule has 0 atom stereocenters. The van der Waals surface area contributed by atoms with Gasteiger partial charge in [0, 0.05) is 10.6 Å². The topological polar surface area (TPSA) is 67.5 Å². The molecular formula is C13H11ClN6. The third kappa shape index (κ3) is 2.46. The van der Waals surface area contributed by atoms with Crippen molar-refractivity contribution < 1.29 is 0 Å². The maximum atomic E-state index is 6.12. The van der Waals surface area contributed by atoms with E-state index in [0.29, 0.717) is 16.5 Å². The summed E-state index contributed by atoms with van der Waals surface area (Å²) < 4.78 is 1.57. The molecule has 6 nitrogen and oxygen atoms in total. The molecule has 0 saturated carbocycles. The molecule has 1 N–H and O–H groups in total. The molecule has 20 heavy (non-hydrogen) atoms. The Kier molecular flexibility index (Phi) is 3.30. The molecule has 0 aliphatic heterocycles. The number of rotatable bonds is 3. The summed E-state index contributed by atoms with van der Waals surface area (Å²) in [4.78, 5) is 0. The minimum atomic E-state index is 0.601. The molecule has 0 spiro atoms. The van der Waals surface area contributed by atoms with Gasteiger partial charge in [0.1, 0.15) is 6.33 Å². The normalized spacial score (nSPS) is 11.8. The van der Waals surface area contributed by atoms with Crippen LogP contribution in [0.1, 0.15) is 12.5 Å².